The van der Waals surface area contributed by atoms with E-state index in [9.17, 15) is 0 Å². The van der Waals surface area contributed by atoms with Crippen LogP contribution in [-0.4, -0.2) is 35.6 Å². The fraction of sp³-hybridized carbons (Fsp3) is 0.269. The largest absolute Gasteiger partial charge is 0.492 e. The Morgan fingerprint density at radius 3 is 2.33 bits per heavy atom. The van der Waals surface area contributed by atoms with Gasteiger partial charge in [0.1, 0.15) is 18.1 Å². The van der Waals surface area contributed by atoms with Crippen LogP contribution >= 0.6 is 11.6 Å². The van der Waals surface area contributed by atoms with E-state index in [0.29, 0.717) is 12.6 Å². The van der Waals surface area contributed by atoms with Crippen LogP contribution in [0.5, 0.6) is 5.75 Å². The van der Waals surface area contributed by atoms with Crippen LogP contribution in [0, 0.1) is 11.8 Å². The van der Waals surface area contributed by atoms with Gasteiger partial charge >= 0.3 is 0 Å². The topological polar surface area (TPSA) is 25.4 Å². The van der Waals surface area contributed by atoms with Crippen LogP contribution < -0.4 is 4.74 Å². The molecule has 1 aromatic heterocycles. The molecular weight excluding hydrogens is 392 g/mol. The van der Waals surface area contributed by atoms with Gasteiger partial charge < -0.3 is 4.74 Å². The summed E-state index contributed by atoms with van der Waals surface area (Å²) >= 11 is 5.95. The number of nitrogens with zero attached hydrogens (tertiary/aromatic N) is 2. The lowest BCUT2D eigenvalue weighted by atomic mass is 10.1. The normalized spacial score (nSPS) is 14.1. The smallest absolute Gasteiger partial charge is 0.119 e. The molecule has 1 aliphatic rings. The summed E-state index contributed by atoms with van der Waals surface area (Å²) in [6.07, 6.45) is 4.46. The Hall–Kier alpha value is -2.80. The van der Waals surface area contributed by atoms with Gasteiger partial charge in [0.05, 0.1) is 0 Å². The lowest BCUT2D eigenvalue weighted by molar-refractivity contribution is 0.167. The minimum Gasteiger partial charge on any atom is -0.492 e. The molecule has 1 saturated carbocycles. The molecule has 3 nitrogen and oxygen atoms in total. The maximum atomic E-state index is 5.95. The van der Waals surface area contributed by atoms with Gasteiger partial charge in [0.2, 0.25) is 0 Å². The van der Waals surface area contributed by atoms with Crippen LogP contribution in [0.2, 0.25) is 5.02 Å². The fourth-order valence-corrected chi connectivity index (χ4v) is 3.35. The molecule has 1 heterocycles. The van der Waals surface area contributed by atoms with Crippen LogP contribution in [-0.2, 0) is 0 Å². The highest BCUT2D eigenvalue weighted by Crippen LogP contribution is 2.27. The first-order chi connectivity index (χ1) is 14.6. The summed E-state index contributed by atoms with van der Waals surface area (Å²) in [5, 5.41) is 0.728. The van der Waals surface area contributed by atoms with Gasteiger partial charge in [0.15, 0.2) is 0 Å². The van der Waals surface area contributed by atoms with E-state index in [1.165, 1.54) is 12.8 Å². The second-order valence-electron chi connectivity index (χ2n) is 7.77. The number of halogens is 1. The Morgan fingerprint density at radius 2 is 1.70 bits per heavy atom. The molecule has 30 heavy (non-hydrogen) atoms. The maximum absolute atomic E-state index is 5.95. The standard InChI is InChI=1S/C26H25ClN2O/c1-19(29(2)25-13-14-25)18-30-26-15-4-20(5-16-26)3-11-24-12-8-22(17-28-24)21-6-9-23(27)10-7-21/h4-10,12,15-17,19,25H,13-14,18H2,1-2H3/t19-/m1/s1. The molecule has 0 spiro atoms. The monoisotopic (exact) mass is 416 g/mol. The van der Waals surface area contributed by atoms with Crippen molar-refractivity contribution in [2.24, 2.45) is 0 Å². The predicted octanol–water partition coefficient (Wildman–Crippen LogP) is 5.66. The summed E-state index contributed by atoms with van der Waals surface area (Å²) < 4.78 is 5.94. The fourth-order valence-electron chi connectivity index (χ4n) is 3.23. The highest BCUT2D eigenvalue weighted by atomic mass is 35.5. The first kappa shape index (κ1) is 20.5. The van der Waals surface area contributed by atoms with Crippen LogP contribution in [0.15, 0.2) is 66.9 Å². The molecule has 0 N–H and O–H groups in total. The second kappa shape index (κ2) is 9.34. The minimum atomic E-state index is 0.416. The van der Waals surface area contributed by atoms with Crippen molar-refractivity contribution >= 4 is 11.6 Å². The maximum Gasteiger partial charge on any atom is 0.119 e. The van der Waals surface area contributed by atoms with Gasteiger partial charge in [-0.3, -0.25) is 4.90 Å². The molecule has 152 valence electrons. The van der Waals surface area contributed by atoms with Gasteiger partial charge in [-0.2, -0.15) is 0 Å². The number of likely N-dealkylation sites (N-methyl/N-ethyl adjacent to an activating group) is 1. The Labute approximate surface area is 183 Å². The van der Waals surface area contributed by atoms with Crippen molar-refractivity contribution in [3.8, 4) is 28.7 Å². The van der Waals surface area contributed by atoms with E-state index in [2.05, 4.69) is 35.7 Å². The van der Waals surface area contributed by atoms with E-state index in [1.807, 2.05) is 66.9 Å². The zero-order valence-corrected chi connectivity index (χ0v) is 18.1. The van der Waals surface area contributed by atoms with Crippen molar-refractivity contribution in [1.82, 2.24) is 9.88 Å². The van der Waals surface area contributed by atoms with Crippen molar-refractivity contribution in [2.45, 2.75) is 31.8 Å². The van der Waals surface area contributed by atoms with E-state index < -0.39 is 0 Å². The molecule has 2 aromatic carbocycles. The molecule has 4 rings (SSSR count). The van der Waals surface area contributed by atoms with Gasteiger partial charge in [-0.15, -0.1) is 0 Å². The van der Waals surface area contributed by atoms with E-state index in [0.717, 1.165) is 39.2 Å². The number of aromatic nitrogens is 1. The molecular formula is C26H25ClN2O. The zero-order chi connectivity index (χ0) is 20.9. The van der Waals surface area contributed by atoms with E-state index >= 15 is 0 Å². The van der Waals surface area contributed by atoms with E-state index in [4.69, 9.17) is 16.3 Å². The third kappa shape index (κ3) is 5.42. The summed E-state index contributed by atoms with van der Waals surface area (Å²) in [5.74, 6) is 7.17. The Morgan fingerprint density at radius 1 is 1.00 bits per heavy atom. The molecule has 0 bridgehead atoms. The van der Waals surface area contributed by atoms with Crippen molar-refractivity contribution in [3.63, 3.8) is 0 Å². The van der Waals surface area contributed by atoms with Crippen molar-refractivity contribution < 1.29 is 4.74 Å². The number of benzene rings is 2. The molecule has 0 unspecified atom stereocenters. The molecule has 4 heteroatoms. The molecule has 0 amide bonds. The summed E-state index contributed by atoms with van der Waals surface area (Å²) in [5.41, 5.74) is 3.80. The third-order valence-corrected chi connectivity index (χ3v) is 5.69. The average molecular weight is 417 g/mol. The SMILES string of the molecule is C[C@H](COc1ccc(C#Cc2ccc(-c3ccc(Cl)cc3)cn2)cc1)N(C)C1CC1. The zero-order valence-electron chi connectivity index (χ0n) is 17.3. The van der Waals surface area contributed by atoms with Crippen LogP contribution in [0.1, 0.15) is 31.0 Å². The lowest BCUT2D eigenvalue weighted by Crippen LogP contribution is -2.35. The lowest BCUT2D eigenvalue weighted by Gasteiger charge is -2.24. The van der Waals surface area contributed by atoms with Crippen LogP contribution in [0.25, 0.3) is 11.1 Å². The first-order valence-corrected chi connectivity index (χ1v) is 10.6. The number of ether oxygens (including phenoxy) is 1. The van der Waals surface area contributed by atoms with Crippen molar-refractivity contribution in [2.75, 3.05) is 13.7 Å². The third-order valence-electron chi connectivity index (χ3n) is 5.44. The molecule has 1 atom stereocenters. The predicted molar refractivity (Wildman–Crippen MR) is 123 cm³/mol. The highest BCUT2D eigenvalue weighted by Gasteiger charge is 2.29. The molecule has 1 fully saturated rings. The molecule has 0 aliphatic heterocycles. The Balaban J connectivity index is 1.34. The van der Waals surface area contributed by atoms with E-state index in [1.54, 1.807) is 0 Å². The van der Waals surface area contributed by atoms with Crippen LogP contribution in [0.3, 0.4) is 0 Å². The summed E-state index contributed by atoms with van der Waals surface area (Å²) in [7, 11) is 2.18. The van der Waals surface area contributed by atoms with Gasteiger partial charge in [0.25, 0.3) is 0 Å². The Kier molecular flexibility index (Phi) is 6.38. The van der Waals surface area contributed by atoms with Gasteiger partial charge in [-0.1, -0.05) is 35.7 Å². The van der Waals surface area contributed by atoms with Crippen molar-refractivity contribution in [3.05, 3.63) is 83.1 Å². The van der Waals surface area contributed by atoms with Crippen molar-refractivity contribution in [1.29, 1.82) is 0 Å². The first-order valence-electron chi connectivity index (χ1n) is 10.3. The number of rotatable bonds is 6. The van der Waals surface area contributed by atoms with Gasteiger partial charge in [-0.25, -0.2) is 4.98 Å². The van der Waals surface area contributed by atoms with E-state index in [-0.39, 0.29) is 0 Å². The van der Waals surface area contributed by atoms with Gasteiger partial charge in [-0.05, 0) is 80.8 Å². The summed E-state index contributed by atoms with van der Waals surface area (Å²) in [6.45, 7) is 2.91. The summed E-state index contributed by atoms with van der Waals surface area (Å²) in [6, 6.07) is 20.8. The molecule has 3 aromatic rings. The quantitative estimate of drug-likeness (QED) is 0.484. The number of hydrogen-bond acceptors (Lipinski definition) is 3. The molecule has 0 radical (unpaired) electrons. The van der Waals surface area contributed by atoms with Crippen LogP contribution in [0.4, 0.5) is 0 Å². The molecule has 0 saturated heterocycles. The van der Waals surface area contributed by atoms with Gasteiger partial charge in [0, 0.05) is 34.4 Å². The minimum absolute atomic E-state index is 0.416. The number of hydrogen-bond donors (Lipinski definition) is 0. The number of pyridine rings is 1. The Bertz CT molecular complexity index is 1030. The average Bonchev–Trinajstić information content (AvgIpc) is 3.63. The second-order valence-corrected chi connectivity index (χ2v) is 8.21. The highest BCUT2D eigenvalue weighted by molar-refractivity contribution is 6.30. The molecule has 1 aliphatic carbocycles. The summed E-state index contributed by atoms with van der Waals surface area (Å²) in [4.78, 5) is 6.87.